The molecule has 3 nitrogen and oxygen atoms in total. The van der Waals surface area contributed by atoms with E-state index in [0.29, 0.717) is 6.04 Å². The van der Waals surface area contributed by atoms with Crippen molar-refractivity contribution in [3.05, 3.63) is 0 Å². The molecule has 0 aromatic carbocycles. The Bertz CT molecular complexity index is 180. The minimum Gasteiger partial charge on any atom is -0.331 e. The summed E-state index contributed by atoms with van der Waals surface area (Å²) in [7, 11) is 0. The van der Waals surface area contributed by atoms with E-state index in [1.807, 2.05) is 4.90 Å². The highest BCUT2D eigenvalue weighted by Crippen LogP contribution is 2.18. The van der Waals surface area contributed by atoms with Crippen molar-refractivity contribution >= 4 is 6.41 Å². The fourth-order valence-corrected chi connectivity index (χ4v) is 2.29. The fraction of sp³-hybridized carbons (Fsp3) is 0.917. The molecule has 0 N–H and O–H groups in total. The van der Waals surface area contributed by atoms with Gasteiger partial charge in [0.2, 0.25) is 0 Å². The molecule has 0 aliphatic carbocycles. The smallest absolute Gasteiger partial charge is 0.312 e. The molecular formula is C12H23N2O. The van der Waals surface area contributed by atoms with Gasteiger partial charge in [-0.25, -0.2) is 0 Å². The molecule has 1 heterocycles. The van der Waals surface area contributed by atoms with Gasteiger partial charge in [-0.3, -0.25) is 4.79 Å². The average molecular weight is 211 g/mol. The number of likely N-dealkylation sites (tertiary alicyclic amines) is 1. The van der Waals surface area contributed by atoms with Gasteiger partial charge in [0.25, 0.3) is 0 Å². The van der Waals surface area contributed by atoms with Gasteiger partial charge in [0.05, 0.1) is 0 Å². The molecule has 1 saturated heterocycles. The van der Waals surface area contributed by atoms with Crippen LogP contribution in [0.5, 0.6) is 0 Å². The van der Waals surface area contributed by atoms with E-state index in [4.69, 9.17) is 0 Å². The first kappa shape index (κ1) is 12.5. The van der Waals surface area contributed by atoms with Gasteiger partial charge in [-0.05, 0) is 38.8 Å². The van der Waals surface area contributed by atoms with E-state index in [1.54, 1.807) is 0 Å². The number of rotatable bonds is 6. The van der Waals surface area contributed by atoms with E-state index in [9.17, 15) is 4.79 Å². The lowest BCUT2D eigenvalue weighted by molar-refractivity contribution is 0.192. The van der Waals surface area contributed by atoms with Crippen LogP contribution in [-0.4, -0.2) is 48.4 Å². The van der Waals surface area contributed by atoms with E-state index in [0.717, 1.165) is 45.4 Å². The molecule has 1 aliphatic heterocycles. The van der Waals surface area contributed by atoms with Gasteiger partial charge in [0.15, 0.2) is 0 Å². The molecule has 1 radical (unpaired) electrons. The number of hydrogen-bond donors (Lipinski definition) is 0. The van der Waals surface area contributed by atoms with Gasteiger partial charge >= 0.3 is 6.41 Å². The molecule has 1 unspecified atom stereocenters. The predicted octanol–water partition coefficient (Wildman–Crippen LogP) is 1.64. The third-order valence-electron chi connectivity index (χ3n) is 3.42. The van der Waals surface area contributed by atoms with Crippen molar-refractivity contribution in [1.82, 2.24) is 9.80 Å². The van der Waals surface area contributed by atoms with Crippen molar-refractivity contribution in [2.24, 2.45) is 0 Å². The van der Waals surface area contributed by atoms with Crippen molar-refractivity contribution in [3.8, 4) is 0 Å². The summed E-state index contributed by atoms with van der Waals surface area (Å²) in [5.41, 5.74) is 0. The Morgan fingerprint density at radius 2 is 2.07 bits per heavy atom. The summed E-state index contributed by atoms with van der Waals surface area (Å²) >= 11 is 0. The van der Waals surface area contributed by atoms with Crippen molar-refractivity contribution in [1.29, 1.82) is 0 Å². The predicted molar refractivity (Wildman–Crippen MR) is 62.4 cm³/mol. The first-order valence-electron chi connectivity index (χ1n) is 6.18. The maximum absolute atomic E-state index is 10.7. The molecular weight excluding hydrogens is 188 g/mol. The number of carbonyl (C=O) groups excluding carboxylic acids is 1. The van der Waals surface area contributed by atoms with E-state index in [-0.39, 0.29) is 0 Å². The highest BCUT2D eigenvalue weighted by Gasteiger charge is 2.21. The summed E-state index contributed by atoms with van der Waals surface area (Å²) in [5.74, 6) is 0. The number of hydrogen-bond acceptors (Lipinski definition) is 2. The molecule has 1 fully saturated rings. The van der Waals surface area contributed by atoms with E-state index in [2.05, 4.69) is 25.2 Å². The zero-order chi connectivity index (χ0) is 11.1. The van der Waals surface area contributed by atoms with Crippen LogP contribution in [0.25, 0.3) is 0 Å². The molecule has 1 rings (SSSR count). The van der Waals surface area contributed by atoms with Crippen LogP contribution in [-0.2, 0) is 4.79 Å². The van der Waals surface area contributed by atoms with Gasteiger partial charge in [-0.1, -0.05) is 13.8 Å². The standard InChI is InChI=1S/C12H23N2O/c1-3-13(4-2)10-8-12-7-5-6-9-14(12)11-15/h12H,3-10H2,1-2H3. The first-order chi connectivity index (χ1) is 7.31. The summed E-state index contributed by atoms with van der Waals surface area (Å²) < 4.78 is 0. The van der Waals surface area contributed by atoms with Crippen LogP contribution in [0.15, 0.2) is 0 Å². The van der Waals surface area contributed by atoms with Crippen molar-refractivity contribution in [2.75, 3.05) is 26.2 Å². The van der Waals surface area contributed by atoms with E-state index < -0.39 is 0 Å². The summed E-state index contributed by atoms with van der Waals surface area (Å²) in [4.78, 5) is 15.0. The van der Waals surface area contributed by atoms with Gasteiger partial charge < -0.3 is 9.80 Å². The molecule has 15 heavy (non-hydrogen) atoms. The molecule has 1 amide bonds. The monoisotopic (exact) mass is 211 g/mol. The van der Waals surface area contributed by atoms with Gasteiger partial charge in [0, 0.05) is 19.1 Å². The van der Waals surface area contributed by atoms with Crippen molar-refractivity contribution in [3.63, 3.8) is 0 Å². The second-order valence-electron chi connectivity index (χ2n) is 4.25. The number of piperidine rings is 1. The van der Waals surface area contributed by atoms with Gasteiger partial charge in [-0.2, -0.15) is 0 Å². The van der Waals surface area contributed by atoms with E-state index >= 15 is 0 Å². The normalized spacial score (nSPS) is 22.1. The third kappa shape index (κ3) is 3.82. The van der Waals surface area contributed by atoms with Crippen LogP contribution in [0, 0.1) is 0 Å². The summed E-state index contributed by atoms with van der Waals surface area (Å²) in [6, 6.07) is 0.442. The van der Waals surface area contributed by atoms with E-state index in [1.165, 1.54) is 6.42 Å². The van der Waals surface area contributed by atoms with Crippen molar-refractivity contribution < 1.29 is 4.79 Å². The zero-order valence-electron chi connectivity index (χ0n) is 10.0. The topological polar surface area (TPSA) is 23.6 Å². The molecule has 87 valence electrons. The lowest BCUT2D eigenvalue weighted by atomic mass is 10.00. The van der Waals surface area contributed by atoms with Crippen molar-refractivity contribution in [2.45, 2.75) is 45.6 Å². The first-order valence-corrected chi connectivity index (χ1v) is 6.18. The summed E-state index contributed by atoms with van der Waals surface area (Å²) in [6.07, 6.45) is 6.76. The van der Waals surface area contributed by atoms with Crippen LogP contribution < -0.4 is 0 Å². The third-order valence-corrected chi connectivity index (χ3v) is 3.42. The molecule has 0 spiro atoms. The largest absolute Gasteiger partial charge is 0.331 e. The molecule has 0 aromatic heterocycles. The average Bonchev–Trinajstić information content (AvgIpc) is 2.31. The molecule has 0 saturated carbocycles. The lowest BCUT2D eigenvalue weighted by Crippen LogP contribution is -2.40. The molecule has 1 atom stereocenters. The Labute approximate surface area is 93.4 Å². The number of amides is 1. The zero-order valence-corrected chi connectivity index (χ0v) is 10.0. The Balaban J connectivity index is 2.31. The van der Waals surface area contributed by atoms with Crippen LogP contribution >= 0.6 is 0 Å². The van der Waals surface area contributed by atoms with Crippen LogP contribution in [0.2, 0.25) is 0 Å². The van der Waals surface area contributed by atoms with Gasteiger partial charge in [-0.15, -0.1) is 0 Å². The highest BCUT2D eigenvalue weighted by atomic mass is 16.1. The quantitative estimate of drug-likeness (QED) is 0.667. The fourth-order valence-electron chi connectivity index (χ4n) is 2.29. The van der Waals surface area contributed by atoms with Crippen LogP contribution in [0.1, 0.15) is 39.5 Å². The molecule has 0 aromatic rings. The molecule has 0 bridgehead atoms. The SMILES string of the molecule is CCN(CC)CCC1CCCCN1[C]=O. The Kier molecular flexibility index (Phi) is 5.69. The summed E-state index contributed by atoms with van der Waals surface area (Å²) in [6.45, 7) is 8.60. The Morgan fingerprint density at radius 1 is 1.33 bits per heavy atom. The minimum atomic E-state index is 0.442. The maximum atomic E-state index is 10.7. The second-order valence-corrected chi connectivity index (χ2v) is 4.25. The maximum Gasteiger partial charge on any atom is 0.312 e. The highest BCUT2D eigenvalue weighted by molar-refractivity contribution is 5.48. The van der Waals surface area contributed by atoms with Crippen LogP contribution in [0.3, 0.4) is 0 Å². The molecule has 3 heteroatoms. The molecule has 1 aliphatic rings. The second kappa shape index (κ2) is 6.83. The Morgan fingerprint density at radius 3 is 2.67 bits per heavy atom. The minimum absolute atomic E-state index is 0.442. The Hall–Kier alpha value is -0.570. The summed E-state index contributed by atoms with van der Waals surface area (Å²) in [5, 5.41) is 0. The number of nitrogens with zero attached hydrogens (tertiary/aromatic N) is 2. The van der Waals surface area contributed by atoms with Gasteiger partial charge in [0.1, 0.15) is 0 Å². The van der Waals surface area contributed by atoms with Crippen LogP contribution in [0.4, 0.5) is 0 Å². The lowest BCUT2D eigenvalue weighted by Gasteiger charge is -2.33.